The summed E-state index contributed by atoms with van der Waals surface area (Å²) in [5, 5.41) is 0.879. The Bertz CT molecular complexity index is 1250. The van der Waals surface area contributed by atoms with Crippen LogP contribution in [-0.2, 0) is 29.1 Å². The summed E-state index contributed by atoms with van der Waals surface area (Å²) in [4.78, 5) is 11.9. The average molecular weight is 433 g/mol. The minimum atomic E-state index is -0.529. The van der Waals surface area contributed by atoms with Gasteiger partial charge in [-0.3, -0.25) is 4.79 Å². The molecule has 1 heterocycles. The Morgan fingerprint density at radius 2 is 1.84 bits per heavy atom. The van der Waals surface area contributed by atoms with Crippen molar-refractivity contribution in [3.63, 3.8) is 0 Å². The molecule has 0 fully saturated rings. The van der Waals surface area contributed by atoms with Gasteiger partial charge >= 0.3 is 5.97 Å². The van der Waals surface area contributed by atoms with Gasteiger partial charge in [0.15, 0.2) is 11.6 Å². The molecule has 5 nitrogen and oxygen atoms in total. The standard InChI is InChI=1S/C26H24FNO4/c1-2-30-25(29)13-20-7-4-8-23(27)26(20)32-16-21-15-31-24-10-9-19(12-22(21)24)18-6-3-5-17(11-18)14-28/h3-12,15H,2,13-14,16,28H2,1H3. The topological polar surface area (TPSA) is 74.7 Å². The van der Waals surface area contributed by atoms with Crippen LogP contribution in [-0.4, -0.2) is 12.6 Å². The molecule has 0 amide bonds. The smallest absolute Gasteiger partial charge is 0.310 e. The van der Waals surface area contributed by atoms with E-state index in [2.05, 4.69) is 6.07 Å². The lowest BCUT2D eigenvalue weighted by Crippen LogP contribution is -2.10. The molecule has 2 N–H and O–H groups in total. The maximum atomic E-state index is 14.5. The molecular weight excluding hydrogens is 409 g/mol. The van der Waals surface area contributed by atoms with Gasteiger partial charge in [-0.2, -0.15) is 0 Å². The van der Waals surface area contributed by atoms with Gasteiger partial charge in [0.1, 0.15) is 12.2 Å². The average Bonchev–Trinajstić information content (AvgIpc) is 3.21. The first-order chi connectivity index (χ1) is 15.6. The van der Waals surface area contributed by atoms with Crippen molar-refractivity contribution < 1.29 is 23.1 Å². The molecule has 0 spiro atoms. The molecule has 0 saturated carbocycles. The Kier molecular flexibility index (Phi) is 6.52. The van der Waals surface area contributed by atoms with Crippen molar-refractivity contribution in [2.75, 3.05) is 6.61 Å². The van der Waals surface area contributed by atoms with Crippen LogP contribution in [0.1, 0.15) is 23.6 Å². The second-order valence-corrected chi connectivity index (χ2v) is 7.37. The van der Waals surface area contributed by atoms with E-state index < -0.39 is 11.8 Å². The third-order valence-electron chi connectivity index (χ3n) is 5.21. The van der Waals surface area contributed by atoms with E-state index in [-0.39, 0.29) is 25.4 Å². The third kappa shape index (κ3) is 4.65. The van der Waals surface area contributed by atoms with Crippen LogP contribution < -0.4 is 10.5 Å². The molecule has 3 aromatic carbocycles. The van der Waals surface area contributed by atoms with Gasteiger partial charge in [-0.25, -0.2) is 4.39 Å². The number of carbonyl (C=O) groups excluding carboxylic acids is 1. The first-order valence-electron chi connectivity index (χ1n) is 10.4. The summed E-state index contributed by atoms with van der Waals surface area (Å²) >= 11 is 0. The minimum absolute atomic E-state index is 0.0432. The van der Waals surface area contributed by atoms with Crippen molar-refractivity contribution in [3.8, 4) is 16.9 Å². The summed E-state index contributed by atoms with van der Waals surface area (Å²) in [5.74, 6) is -0.915. The van der Waals surface area contributed by atoms with Crippen molar-refractivity contribution in [1.29, 1.82) is 0 Å². The zero-order chi connectivity index (χ0) is 22.5. The summed E-state index contributed by atoms with van der Waals surface area (Å²) in [6.07, 6.45) is 1.55. The number of nitrogens with two attached hydrogens (primary N) is 1. The molecule has 6 heteroatoms. The summed E-state index contributed by atoms with van der Waals surface area (Å²) in [5.41, 5.74) is 10.8. The number of halogens is 1. The zero-order valence-corrected chi connectivity index (χ0v) is 17.8. The Labute approximate surface area is 185 Å². The number of rotatable bonds is 8. The first-order valence-corrected chi connectivity index (χ1v) is 10.4. The summed E-state index contributed by atoms with van der Waals surface area (Å²) in [7, 11) is 0. The summed E-state index contributed by atoms with van der Waals surface area (Å²) in [6.45, 7) is 2.56. The number of benzene rings is 3. The molecule has 0 unspecified atom stereocenters. The Balaban J connectivity index is 1.60. The van der Waals surface area contributed by atoms with Gasteiger partial charge in [-0.15, -0.1) is 0 Å². The van der Waals surface area contributed by atoms with E-state index in [1.165, 1.54) is 6.07 Å². The van der Waals surface area contributed by atoms with Crippen LogP contribution in [0.5, 0.6) is 5.75 Å². The number of ether oxygens (including phenoxy) is 2. The number of para-hydroxylation sites is 1. The van der Waals surface area contributed by atoms with Gasteiger partial charge < -0.3 is 19.6 Å². The molecule has 0 saturated heterocycles. The number of esters is 1. The fourth-order valence-electron chi connectivity index (χ4n) is 3.62. The highest BCUT2D eigenvalue weighted by Gasteiger charge is 2.16. The largest absolute Gasteiger partial charge is 0.485 e. The zero-order valence-electron chi connectivity index (χ0n) is 17.8. The molecule has 0 aliphatic heterocycles. The van der Waals surface area contributed by atoms with Crippen LogP contribution in [0.25, 0.3) is 22.1 Å². The lowest BCUT2D eigenvalue weighted by Gasteiger charge is -2.12. The van der Waals surface area contributed by atoms with Gasteiger partial charge in [0.25, 0.3) is 0 Å². The maximum Gasteiger partial charge on any atom is 0.310 e. The lowest BCUT2D eigenvalue weighted by atomic mass is 10.0. The fraction of sp³-hybridized carbons (Fsp3) is 0.192. The van der Waals surface area contributed by atoms with Crippen LogP contribution in [0.4, 0.5) is 4.39 Å². The van der Waals surface area contributed by atoms with Crippen molar-refractivity contribution in [2.45, 2.75) is 26.5 Å². The summed E-state index contributed by atoms with van der Waals surface area (Å²) in [6, 6.07) is 18.5. The maximum absolute atomic E-state index is 14.5. The predicted octanol–water partition coefficient (Wildman–Crippen LogP) is 5.38. The molecule has 0 aliphatic rings. The second-order valence-electron chi connectivity index (χ2n) is 7.37. The van der Waals surface area contributed by atoms with E-state index >= 15 is 0 Å². The highest BCUT2D eigenvalue weighted by Crippen LogP contribution is 2.30. The predicted molar refractivity (Wildman–Crippen MR) is 121 cm³/mol. The molecular formula is C26H24FNO4. The molecule has 164 valence electrons. The molecule has 0 radical (unpaired) electrons. The van der Waals surface area contributed by atoms with Crippen LogP contribution in [0.15, 0.2) is 71.3 Å². The van der Waals surface area contributed by atoms with E-state index in [9.17, 15) is 9.18 Å². The normalized spacial score (nSPS) is 11.0. The van der Waals surface area contributed by atoms with Crippen molar-refractivity contribution >= 4 is 16.9 Å². The quantitative estimate of drug-likeness (QED) is 0.378. The molecule has 0 atom stereocenters. The Morgan fingerprint density at radius 3 is 2.66 bits per heavy atom. The molecule has 1 aromatic heterocycles. The Morgan fingerprint density at radius 1 is 1.03 bits per heavy atom. The Hall–Kier alpha value is -3.64. The SMILES string of the molecule is CCOC(=O)Cc1cccc(F)c1OCc1coc2ccc(-c3cccc(CN)c3)cc12. The molecule has 4 rings (SSSR count). The van der Waals surface area contributed by atoms with Crippen LogP contribution >= 0.6 is 0 Å². The number of hydrogen-bond acceptors (Lipinski definition) is 5. The molecule has 32 heavy (non-hydrogen) atoms. The van der Waals surface area contributed by atoms with E-state index in [1.54, 1.807) is 25.3 Å². The monoisotopic (exact) mass is 433 g/mol. The van der Waals surface area contributed by atoms with Gasteiger partial charge in [0.05, 0.1) is 19.3 Å². The van der Waals surface area contributed by atoms with Crippen LogP contribution in [0.2, 0.25) is 0 Å². The highest BCUT2D eigenvalue weighted by molar-refractivity contribution is 5.86. The van der Waals surface area contributed by atoms with Gasteiger partial charge in [-0.05, 0) is 47.9 Å². The van der Waals surface area contributed by atoms with E-state index in [0.29, 0.717) is 17.7 Å². The first kappa shape index (κ1) is 21.6. The number of carbonyl (C=O) groups is 1. The van der Waals surface area contributed by atoms with E-state index in [0.717, 1.165) is 27.6 Å². The van der Waals surface area contributed by atoms with Crippen molar-refractivity contribution in [1.82, 2.24) is 0 Å². The van der Waals surface area contributed by atoms with E-state index in [4.69, 9.17) is 19.6 Å². The van der Waals surface area contributed by atoms with Crippen molar-refractivity contribution in [3.05, 3.63) is 89.4 Å². The third-order valence-corrected chi connectivity index (χ3v) is 5.21. The van der Waals surface area contributed by atoms with Crippen LogP contribution in [0, 0.1) is 5.82 Å². The minimum Gasteiger partial charge on any atom is -0.485 e. The van der Waals surface area contributed by atoms with Crippen LogP contribution in [0.3, 0.4) is 0 Å². The van der Waals surface area contributed by atoms with Gasteiger partial charge in [0, 0.05) is 23.1 Å². The number of fused-ring (bicyclic) bond motifs is 1. The summed E-state index contributed by atoms with van der Waals surface area (Å²) < 4.78 is 30.9. The van der Waals surface area contributed by atoms with Crippen molar-refractivity contribution in [2.24, 2.45) is 5.73 Å². The highest BCUT2D eigenvalue weighted by atomic mass is 19.1. The molecule has 0 aliphatic carbocycles. The molecule has 4 aromatic rings. The van der Waals surface area contributed by atoms with E-state index in [1.807, 2.05) is 36.4 Å². The number of furan rings is 1. The van der Waals surface area contributed by atoms with Gasteiger partial charge in [-0.1, -0.05) is 36.4 Å². The van der Waals surface area contributed by atoms with Gasteiger partial charge in [0.2, 0.25) is 0 Å². The second kappa shape index (κ2) is 9.66. The number of hydrogen-bond donors (Lipinski definition) is 1. The lowest BCUT2D eigenvalue weighted by molar-refractivity contribution is -0.142. The fourth-order valence-corrected chi connectivity index (χ4v) is 3.62. The molecule has 0 bridgehead atoms.